The fraction of sp³-hybridized carbons (Fsp3) is 0.227. The summed E-state index contributed by atoms with van der Waals surface area (Å²) in [5, 5.41) is 0. The van der Waals surface area contributed by atoms with Gasteiger partial charge in [0.05, 0.1) is 6.61 Å². The van der Waals surface area contributed by atoms with E-state index in [2.05, 4.69) is 18.2 Å². The Labute approximate surface area is 149 Å². The van der Waals surface area contributed by atoms with Crippen molar-refractivity contribution in [3.63, 3.8) is 0 Å². The van der Waals surface area contributed by atoms with Crippen molar-refractivity contribution >= 4 is 17.6 Å². The second-order valence-electron chi connectivity index (χ2n) is 5.97. The smallest absolute Gasteiger partial charge is 0.246 e. The van der Waals surface area contributed by atoms with Crippen LogP contribution >= 0.6 is 0 Å². The summed E-state index contributed by atoms with van der Waals surface area (Å²) in [6.45, 7) is 4.04. The number of nitrogens with zero attached hydrogens (tertiary/aromatic N) is 1. The Morgan fingerprint density at radius 2 is 1.88 bits per heavy atom. The van der Waals surface area contributed by atoms with Gasteiger partial charge in [0, 0.05) is 19.2 Å². The molecule has 2 aromatic rings. The fourth-order valence-corrected chi connectivity index (χ4v) is 2.90. The molecule has 3 heteroatoms. The van der Waals surface area contributed by atoms with Crippen LogP contribution in [0.25, 0.3) is 11.6 Å². The van der Waals surface area contributed by atoms with Gasteiger partial charge in [-0.1, -0.05) is 48.5 Å². The Balaban J connectivity index is 1.58. The van der Waals surface area contributed by atoms with Crippen LogP contribution in [0.5, 0.6) is 5.75 Å². The number of hydrogen-bond acceptors (Lipinski definition) is 2. The van der Waals surface area contributed by atoms with E-state index >= 15 is 0 Å². The minimum atomic E-state index is 0.0530. The summed E-state index contributed by atoms with van der Waals surface area (Å²) in [7, 11) is 0. The van der Waals surface area contributed by atoms with Crippen LogP contribution in [0.15, 0.2) is 66.7 Å². The first kappa shape index (κ1) is 17.0. The van der Waals surface area contributed by atoms with E-state index in [1.807, 2.05) is 60.4 Å². The standard InChI is InChI=1S/C22H23NO2/c1-2-25-21-11-8-18(9-12-21)10-13-22(24)23-16-14-20(15-17-23)19-6-4-3-5-7-19/h3-14H,2,15-17H2,1H3/b13-10+. The van der Waals surface area contributed by atoms with Gasteiger partial charge < -0.3 is 9.64 Å². The second-order valence-corrected chi connectivity index (χ2v) is 5.97. The van der Waals surface area contributed by atoms with Gasteiger partial charge in [0.2, 0.25) is 5.91 Å². The molecule has 0 N–H and O–H groups in total. The van der Waals surface area contributed by atoms with Gasteiger partial charge in [0.1, 0.15) is 5.75 Å². The minimum Gasteiger partial charge on any atom is -0.494 e. The molecular formula is C22H23NO2. The molecule has 0 bridgehead atoms. The maximum atomic E-state index is 12.4. The molecule has 0 unspecified atom stereocenters. The lowest BCUT2D eigenvalue weighted by Gasteiger charge is -2.25. The van der Waals surface area contributed by atoms with Crippen LogP contribution in [0.4, 0.5) is 0 Å². The van der Waals surface area contributed by atoms with Gasteiger partial charge in [-0.25, -0.2) is 0 Å². The average molecular weight is 333 g/mol. The van der Waals surface area contributed by atoms with Crippen molar-refractivity contribution in [1.82, 2.24) is 4.90 Å². The average Bonchev–Trinajstić information content (AvgIpc) is 2.68. The second kappa shape index (κ2) is 8.34. The lowest BCUT2D eigenvalue weighted by molar-refractivity contribution is -0.125. The topological polar surface area (TPSA) is 29.5 Å². The van der Waals surface area contributed by atoms with Crippen molar-refractivity contribution in [2.24, 2.45) is 0 Å². The number of carbonyl (C=O) groups is 1. The van der Waals surface area contributed by atoms with Crippen LogP contribution in [0, 0.1) is 0 Å². The zero-order chi connectivity index (χ0) is 17.5. The van der Waals surface area contributed by atoms with Crippen molar-refractivity contribution in [3.05, 3.63) is 77.9 Å². The van der Waals surface area contributed by atoms with Gasteiger partial charge >= 0.3 is 0 Å². The molecule has 1 aliphatic rings. The molecular weight excluding hydrogens is 310 g/mol. The van der Waals surface area contributed by atoms with E-state index < -0.39 is 0 Å². The summed E-state index contributed by atoms with van der Waals surface area (Å²) < 4.78 is 5.42. The number of rotatable bonds is 5. The van der Waals surface area contributed by atoms with E-state index in [0.29, 0.717) is 13.2 Å². The molecule has 1 heterocycles. The third-order valence-corrected chi connectivity index (χ3v) is 4.27. The van der Waals surface area contributed by atoms with E-state index in [0.717, 1.165) is 24.3 Å². The fourth-order valence-electron chi connectivity index (χ4n) is 2.90. The van der Waals surface area contributed by atoms with Crippen LogP contribution in [-0.2, 0) is 4.79 Å². The number of benzene rings is 2. The first-order chi connectivity index (χ1) is 12.3. The highest BCUT2D eigenvalue weighted by atomic mass is 16.5. The summed E-state index contributed by atoms with van der Waals surface area (Å²) in [4.78, 5) is 14.2. The molecule has 0 spiro atoms. The zero-order valence-corrected chi connectivity index (χ0v) is 14.5. The molecule has 2 aromatic carbocycles. The van der Waals surface area contributed by atoms with Gasteiger partial charge in [0.25, 0.3) is 0 Å². The predicted molar refractivity (Wildman–Crippen MR) is 102 cm³/mol. The quantitative estimate of drug-likeness (QED) is 0.758. The molecule has 0 saturated heterocycles. The van der Waals surface area contributed by atoms with E-state index in [-0.39, 0.29) is 5.91 Å². The van der Waals surface area contributed by atoms with Gasteiger partial charge in [-0.15, -0.1) is 0 Å². The summed E-state index contributed by atoms with van der Waals surface area (Å²) in [5.74, 6) is 0.901. The summed E-state index contributed by atoms with van der Waals surface area (Å²) in [6.07, 6.45) is 6.56. The van der Waals surface area contributed by atoms with Crippen molar-refractivity contribution in [2.75, 3.05) is 19.7 Å². The highest BCUT2D eigenvalue weighted by Crippen LogP contribution is 2.22. The van der Waals surface area contributed by atoms with Gasteiger partial charge in [-0.05, 0) is 48.3 Å². The largest absolute Gasteiger partial charge is 0.494 e. The number of ether oxygens (including phenoxy) is 1. The van der Waals surface area contributed by atoms with E-state index in [9.17, 15) is 4.79 Å². The zero-order valence-electron chi connectivity index (χ0n) is 14.5. The minimum absolute atomic E-state index is 0.0530. The summed E-state index contributed by atoms with van der Waals surface area (Å²) >= 11 is 0. The van der Waals surface area contributed by atoms with E-state index in [1.165, 1.54) is 11.1 Å². The van der Waals surface area contributed by atoms with Crippen LogP contribution in [0.2, 0.25) is 0 Å². The highest BCUT2D eigenvalue weighted by Gasteiger charge is 2.15. The Morgan fingerprint density at radius 3 is 2.52 bits per heavy atom. The van der Waals surface area contributed by atoms with Crippen LogP contribution < -0.4 is 4.74 Å². The lowest BCUT2D eigenvalue weighted by atomic mass is 9.99. The molecule has 0 radical (unpaired) electrons. The van der Waals surface area contributed by atoms with E-state index in [1.54, 1.807) is 6.08 Å². The molecule has 128 valence electrons. The van der Waals surface area contributed by atoms with Crippen LogP contribution in [0.1, 0.15) is 24.5 Å². The molecule has 3 rings (SSSR count). The first-order valence-corrected chi connectivity index (χ1v) is 8.70. The molecule has 0 fully saturated rings. The Hall–Kier alpha value is -2.81. The first-order valence-electron chi connectivity index (χ1n) is 8.70. The molecule has 0 saturated carbocycles. The van der Waals surface area contributed by atoms with Crippen LogP contribution in [-0.4, -0.2) is 30.5 Å². The van der Waals surface area contributed by atoms with E-state index in [4.69, 9.17) is 4.74 Å². The molecule has 0 aromatic heterocycles. The Morgan fingerprint density at radius 1 is 1.12 bits per heavy atom. The lowest BCUT2D eigenvalue weighted by Crippen LogP contribution is -2.33. The Bertz CT molecular complexity index is 760. The molecule has 3 nitrogen and oxygen atoms in total. The highest BCUT2D eigenvalue weighted by molar-refractivity contribution is 5.92. The maximum Gasteiger partial charge on any atom is 0.246 e. The predicted octanol–water partition coefficient (Wildman–Crippen LogP) is 4.41. The number of hydrogen-bond donors (Lipinski definition) is 0. The summed E-state index contributed by atoms with van der Waals surface area (Å²) in [5.41, 5.74) is 3.56. The molecule has 0 atom stereocenters. The number of amides is 1. The molecule has 1 amide bonds. The molecule has 0 aliphatic carbocycles. The molecule has 25 heavy (non-hydrogen) atoms. The Kier molecular flexibility index (Phi) is 5.68. The van der Waals surface area contributed by atoms with Crippen LogP contribution in [0.3, 0.4) is 0 Å². The third-order valence-electron chi connectivity index (χ3n) is 4.27. The van der Waals surface area contributed by atoms with Gasteiger partial charge in [-0.2, -0.15) is 0 Å². The molecule has 1 aliphatic heterocycles. The third kappa shape index (κ3) is 4.60. The van der Waals surface area contributed by atoms with Crippen molar-refractivity contribution in [2.45, 2.75) is 13.3 Å². The van der Waals surface area contributed by atoms with Crippen molar-refractivity contribution in [1.29, 1.82) is 0 Å². The normalized spacial score (nSPS) is 14.4. The maximum absolute atomic E-state index is 12.4. The van der Waals surface area contributed by atoms with Gasteiger partial charge in [-0.3, -0.25) is 4.79 Å². The summed E-state index contributed by atoms with van der Waals surface area (Å²) in [6, 6.07) is 18.1. The number of carbonyl (C=O) groups excluding carboxylic acids is 1. The van der Waals surface area contributed by atoms with Gasteiger partial charge in [0.15, 0.2) is 0 Å². The monoisotopic (exact) mass is 333 g/mol. The SMILES string of the molecule is CCOc1ccc(/C=C/C(=O)N2CC=C(c3ccccc3)CC2)cc1. The van der Waals surface area contributed by atoms with Crippen molar-refractivity contribution in [3.8, 4) is 5.75 Å². The van der Waals surface area contributed by atoms with Crippen molar-refractivity contribution < 1.29 is 9.53 Å².